The van der Waals surface area contributed by atoms with E-state index in [0.717, 1.165) is 30.4 Å². The number of aromatic nitrogens is 3. The quantitative estimate of drug-likeness (QED) is 0.885. The van der Waals surface area contributed by atoms with Crippen molar-refractivity contribution in [1.29, 1.82) is 0 Å². The van der Waals surface area contributed by atoms with Crippen LogP contribution in [0.25, 0.3) is 5.65 Å². The molecule has 102 valence electrons. The minimum atomic E-state index is -0.154. The maximum Gasteiger partial charge on any atom is 0.180 e. The van der Waals surface area contributed by atoms with Gasteiger partial charge in [-0.05, 0) is 13.8 Å². The van der Waals surface area contributed by atoms with E-state index in [1.165, 1.54) is 0 Å². The molecular weight excluding hydrogens is 242 g/mol. The highest BCUT2D eigenvalue weighted by atomic mass is 16.5. The predicted octanol–water partition coefficient (Wildman–Crippen LogP) is 1.39. The monoisotopic (exact) mass is 261 g/mol. The van der Waals surface area contributed by atoms with Crippen molar-refractivity contribution in [3.63, 3.8) is 0 Å². The molecule has 2 aromatic rings. The maximum absolute atomic E-state index is 5.75. The number of fused-ring (bicyclic) bond motifs is 1. The Morgan fingerprint density at radius 1 is 1.42 bits per heavy atom. The normalized spacial score (nSPS) is 18.8. The van der Waals surface area contributed by atoms with E-state index >= 15 is 0 Å². The van der Waals surface area contributed by atoms with Crippen LogP contribution >= 0.6 is 0 Å². The minimum absolute atomic E-state index is 0.154. The van der Waals surface area contributed by atoms with Gasteiger partial charge in [-0.3, -0.25) is 0 Å². The van der Waals surface area contributed by atoms with Gasteiger partial charge in [0.2, 0.25) is 0 Å². The van der Waals surface area contributed by atoms with Crippen molar-refractivity contribution in [2.75, 3.05) is 37.0 Å². The molecular formula is C13H19N5O. The average molecular weight is 261 g/mol. The van der Waals surface area contributed by atoms with Crippen LogP contribution in [0.15, 0.2) is 18.6 Å². The van der Waals surface area contributed by atoms with Gasteiger partial charge in [0.05, 0.1) is 18.4 Å². The number of hydrogen-bond acceptors (Lipinski definition) is 5. The smallest absolute Gasteiger partial charge is 0.180 e. The zero-order valence-electron chi connectivity index (χ0n) is 11.6. The van der Waals surface area contributed by atoms with Crippen LogP contribution in [-0.4, -0.2) is 46.7 Å². The Balaban J connectivity index is 2.05. The van der Waals surface area contributed by atoms with E-state index in [4.69, 9.17) is 4.74 Å². The van der Waals surface area contributed by atoms with E-state index in [2.05, 4.69) is 34.0 Å². The number of ether oxygens (including phenoxy) is 1. The minimum Gasteiger partial charge on any atom is -0.372 e. The number of anilines is 2. The molecule has 3 rings (SSSR count). The Labute approximate surface area is 112 Å². The van der Waals surface area contributed by atoms with Crippen molar-refractivity contribution in [1.82, 2.24) is 14.4 Å². The van der Waals surface area contributed by atoms with Crippen molar-refractivity contribution in [3.05, 3.63) is 18.6 Å². The van der Waals surface area contributed by atoms with Gasteiger partial charge in [-0.25, -0.2) is 9.97 Å². The van der Waals surface area contributed by atoms with E-state index in [-0.39, 0.29) is 5.60 Å². The SMILES string of the molecule is CNc1cn2ccnc2c(N2CCOC(C)(C)C2)n1. The fraction of sp³-hybridized carbons (Fsp3) is 0.538. The molecule has 0 spiro atoms. The lowest BCUT2D eigenvalue weighted by Gasteiger charge is -2.38. The lowest BCUT2D eigenvalue weighted by atomic mass is 10.1. The first-order valence-electron chi connectivity index (χ1n) is 6.49. The molecule has 3 heterocycles. The molecule has 0 radical (unpaired) electrons. The number of nitrogens with zero attached hydrogens (tertiary/aromatic N) is 4. The highest BCUT2D eigenvalue weighted by Crippen LogP contribution is 2.25. The molecule has 6 nitrogen and oxygen atoms in total. The summed E-state index contributed by atoms with van der Waals surface area (Å²) >= 11 is 0. The molecule has 0 amide bonds. The second-order valence-electron chi connectivity index (χ2n) is 5.39. The van der Waals surface area contributed by atoms with Gasteiger partial charge in [0.25, 0.3) is 0 Å². The molecule has 1 aliphatic heterocycles. The van der Waals surface area contributed by atoms with Gasteiger partial charge in [0.1, 0.15) is 5.82 Å². The molecule has 19 heavy (non-hydrogen) atoms. The number of morpholine rings is 1. The highest BCUT2D eigenvalue weighted by molar-refractivity contribution is 5.67. The summed E-state index contributed by atoms with van der Waals surface area (Å²) in [5, 5.41) is 3.09. The Morgan fingerprint density at radius 2 is 2.26 bits per heavy atom. The second-order valence-corrected chi connectivity index (χ2v) is 5.39. The van der Waals surface area contributed by atoms with Gasteiger partial charge in [-0.2, -0.15) is 0 Å². The number of imidazole rings is 1. The van der Waals surface area contributed by atoms with Crippen LogP contribution in [0.4, 0.5) is 11.6 Å². The van der Waals surface area contributed by atoms with E-state index in [1.54, 1.807) is 6.20 Å². The van der Waals surface area contributed by atoms with Crippen molar-refractivity contribution in [2.45, 2.75) is 19.4 Å². The second kappa shape index (κ2) is 4.38. The molecule has 0 atom stereocenters. The van der Waals surface area contributed by atoms with E-state index in [1.807, 2.05) is 23.8 Å². The van der Waals surface area contributed by atoms with Crippen molar-refractivity contribution < 1.29 is 4.74 Å². The third-order valence-corrected chi connectivity index (χ3v) is 3.34. The van der Waals surface area contributed by atoms with Gasteiger partial charge in [-0.15, -0.1) is 0 Å². The molecule has 1 N–H and O–H groups in total. The molecule has 0 aliphatic carbocycles. The summed E-state index contributed by atoms with van der Waals surface area (Å²) in [7, 11) is 1.87. The predicted molar refractivity (Wildman–Crippen MR) is 74.8 cm³/mol. The lowest BCUT2D eigenvalue weighted by molar-refractivity contribution is -0.0278. The number of hydrogen-bond donors (Lipinski definition) is 1. The van der Waals surface area contributed by atoms with Crippen molar-refractivity contribution in [2.24, 2.45) is 0 Å². The summed E-state index contributed by atoms with van der Waals surface area (Å²) in [6, 6.07) is 0. The van der Waals surface area contributed by atoms with Crippen LogP contribution in [0, 0.1) is 0 Å². The molecule has 0 aromatic carbocycles. The summed E-state index contributed by atoms with van der Waals surface area (Å²) in [5.41, 5.74) is 0.732. The first-order valence-corrected chi connectivity index (χ1v) is 6.49. The summed E-state index contributed by atoms with van der Waals surface area (Å²) in [6.07, 6.45) is 5.68. The van der Waals surface area contributed by atoms with Crippen molar-refractivity contribution >= 4 is 17.3 Å². The molecule has 1 aliphatic rings. The Bertz CT molecular complexity index is 592. The molecule has 0 saturated carbocycles. The highest BCUT2D eigenvalue weighted by Gasteiger charge is 2.29. The van der Waals surface area contributed by atoms with Crippen LogP contribution < -0.4 is 10.2 Å². The standard InChI is InChI=1S/C13H19N5O/c1-13(2)9-18(6-7-19-13)12-11-15-4-5-17(11)8-10(14-3)16-12/h4-5,8,14H,6-7,9H2,1-3H3. The Kier molecular flexibility index (Phi) is 2.82. The van der Waals surface area contributed by atoms with E-state index in [9.17, 15) is 0 Å². The largest absolute Gasteiger partial charge is 0.372 e. The summed E-state index contributed by atoms with van der Waals surface area (Å²) < 4.78 is 7.75. The Morgan fingerprint density at radius 3 is 3.00 bits per heavy atom. The van der Waals surface area contributed by atoms with Crippen LogP contribution in [0.3, 0.4) is 0 Å². The molecule has 1 fully saturated rings. The van der Waals surface area contributed by atoms with Crippen LogP contribution in [0.2, 0.25) is 0 Å². The fourth-order valence-corrected chi connectivity index (χ4v) is 2.44. The van der Waals surface area contributed by atoms with Crippen molar-refractivity contribution in [3.8, 4) is 0 Å². The van der Waals surface area contributed by atoms with E-state index < -0.39 is 0 Å². The topological polar surface area (TPSA) is 54.7 Å². The Hall–Kier alpha value is -1.82. The first-order chi connectivity index (χ1) is 9.09. The van der Waals surface area contributed by atoms with Crippen LogP contribution in [0.1, 0.15) is 13.8 Å². The lowest BCUT2D eigenvalue weighted by Crippen LogP contribution is -2.48. The van der Waals surface area contributed by atoms with Gasteiger partial charge < -0.3 is 19.4 Å². The zero-order chi connectivity index (χ0) is 13.5. The molecule has 0 bridgehead atoms. The van der Waals surface area contributed by atoms with Crippen LogP contribution in [-0.2, 0) is 4.74 Å². The third kappa shape index (κ3) is 2.23. The zero-order valence-corrected chi connectivity index (χ0v) is 11.6. The molecule has 1 saturated heterocycles. The van der Waals surface area contributed by atoms with Gasteiger partial charge in [0, 0.05) is 32.5 Å². The van der Waals surface area contributed by atoms with Gasteiger partial charge in [-0.1, -0.05) is 0 Å². The third-order valence-electron chi connectivity index (χ3n) is 3.34. The molecule has 6 heteroatoms. The fourth-order valence-electron chi connectivity index (χ4n) is 2.44. The first kappa shape index (κ1) is 12.2. The summed E-state index contributed by atoms with van der Waals surface area (Å²) in [5.74, 6) is 1.75. The summed E-state index contributed by atoms with van der Waals surface area (Å²) in [4.78, 5) is 11.3. The van der Waals surface area contributed by atoms with Gasteiger partial charge in [0.15, 0.2) is 11.5 Å². The average Bonchev–Trinajstić information content (AvgIpc) is 2.84. The molecule has 0 unspecified atom stereocenters. The number of nitrogens with one attached hydrogen (secondary N) is 1. The number of rotatable bonds is 2. The van der Waals surface area contributed by atoms with Gasteiger partial charge >= 0.3 is 0 Å². The maximum atomic E-state index is 5.75. The van der Waals surface area contributed by atoms with Crippen LogP contribution in [0.5, 0.6) is 0 Å². The summed E-state index contributed by atoms with van der Waals surface area (Å²) in [6.45, 7) is 6.57. The van der Waals surface area contributed by atoms with E-state index in [0.29, 0.717) is 6.61 Å². The molecule has 2 aromatic heterocycles.